The molecule has 0 spiro atoms. The highest BCUT2D eigenvalue weighted by atomic mass is 16.5. The lowest BCUT2D eigenvalue weighted by Crippen LogP contribution is -2.24. The summed E-state index contributed by atoms with van der Waals surface area (Å²) in [6.45, 7) is 11.5. The molecule has 0 aromatic carbocycles. The van der Waals surface area contributed by atoms with E-state index in [1.54, 1.807) is 0 Å². The van der Waals surface area contributed by atoms with E-state index < -0.39 is 0 Å². The molecule has 3 nitrogen and oxygen atoms in total. The van der Waals surface area contributed by atoms with Crippen LogP contribution in [0.25, 0.3) is 0 Å². The Balaban J connectivity index is 0. The molecule has 0 heterocycles. The zero-order valence-corrected chi connectivity index (χ0v) is 9.47. The fraction of sp³-hybridized carbons (Fsp3) is 1.00. The second-order valence-corrected chi connectivity index (χ2v) is 2.93. The average Bonchev–Trinajstić information content (AvgIpc) is 2.14. The fourth-order valence-electron chi connectivity index (χ4n) is 0.702. The largest absolute Gasteiger partial charge is 0.394 e. The third-order valence-electron chi connectivity index (χ3n) is 1.21. The van der Waals surface area contributed by atoms with E-state index in [0.29, 0.717) is 19.1 Å². The summed E-state index contributed by atoms with van der Waals surface area (Å²) in [5.41, 5.74) is 0. The van der Waals surface area contributed by atoms with E-state index in [1.165, 1.54) is 0 Å². The van der Waals surface area contributed by atoms with Crippen molar-refractivity contribution < 1.29 is 9.84 Å². The lowest BCUT2D eigenvalue weighted by Gasteiger charge is -2.06. The van der Waals surface area contributed by atoms with Crippen molar-refractivity contribution in [2.75, 3.05) is 32.9 Å². The van der Waals surface area contributed by atoms with Gasteiger partial charge in [-0.15, -0.1) is 0 Å². The van der Waals surface area contributed by atoms with E-state index in [9.17, 15) is 0 Å². The quantitative estimate of drug-likeness (QED) is 0.595. The van der Waals surface area contributed by atoms with Crippen molar-refractivity contribution in [1.82, 2.24) is 5.32 Å². The molecule has 2 N–H and O–H groups in total. The van der Waals surface area contributed by atoms with Crippen molar-refractivity contribution in [3.05, 3.63) is 0 Å². The Morgan fingerprint density at radius 3 is 2.31 bits per heavy atom. The number of aliphatic hydroxyl groups is 1. The van der Waals surface area contributed by atoms with Crippen LogP contribution in [0.4, 0.5) is 0 Å². The number of hydrogen-bond donors (Lipinski definition) is 2. The molecule has 0 amide bonds. The summed E-state index contributed by atoms with van der Waals surface area (Å²) in [6.07, 6.45) is 0. The van der Waals surface area contributed by atoms with Crippen molar-refractivity contribution in [1.29, 1.82) is 0 Å². The van der Waals surface area contributed by atoms with Gasteiger partial charge < -0.3 is 15.2 Å². The minimum atomic E-state index is 0.115. The molecule has 0 fully saturated rings. The van der Waals surface area contributed by atoms with Crippen LogP contribution < -0.4 is 5.32 Å². The van der Waals surface area contributed by atoms with Crippen molar-refractivity contribution in [2.45, 2.75) is 27.7 Å². The van der Waals surface area contributed by atoms with Gasteiger partial charge in [-0.3, -0.25) is 0 Å². The van der Waals surface area contributed by atoms with Gasteiger partial charge in [-0.1, -0.05) is 27.7 Å². The van der Waals surface area contributed by atoms with Gasteiger partial charge in [0.1, 0.15) is 0 Å². The molecule has 0 aromatic heterocycles. The zero-order chi connectivity index (χ0) is 10.5. The molecule has 0 aliphatic carbocycles. The number of ether oxygens (including phenoxy) is 1. The van der Waals surface area contributed by atoms with E-state index in [-0.39, 0.29) is 6.61 Å². The highest BCUT2D eigenvalue weighted by molar-refractivity contribution is 4.49. The summed E-state index contributed by atoms with van der Waals surface area (Å²) < 4.78 is 5.05. The fourth-order valence-corrected chi connectivity index (χ4v) is 0.702. The second-order valence-electron chi connectivity index (χ2n) is 2.93. The Morgan fingerprint density at radius 1 is 1.23 bits per heavy atom. The zero-order valence-electron chi connectivity index (χ0n) is 9.47. The molecule has 0 saturated heterocycles. The first-order valence-electron chi connectivity index (χ1n) is 5.16. The van der Waals surface area contributed by atoms with Gasteiger partial charge >= 0.3 is 0 Å². The van der Waals surface area contributed by atoms with Gasteiger partial charge in [0.2, 0.25) is 0 Å². The monoisotopic (exact) mass is 191 g/mol. The lowest BCUT2D eigenvalue weighted by molar-refractivity contribution is 0.0936. The van der Waals surface area contributed by atoms with Gasteiger partial charge in [0, 0.05) is 6.54 Å². The summed E-state index contributed by atoms with van der Waals surface area (Å²) in [7, 11) is 0. The van der Waals surface area contributed by atoms with E-state index >= 15 is 0 Å². The maximum atomic E-state index is 8.37. The summed E-state index contributed by atoms with van der Waals surface area (Å²) in [4.78, 5) is 0. The van der Waals surface area contributed by atoms with Crippen molar-refractivity contribution in [2.24, 2.45) is 5.92 Å². The maximum absolute atomic E-state index is 8.37. The highest BCUT2D eigenvalue weighted by Crippen LogP contribution is 1.85. The Labute approximate surface area is 82.5 Å². The summed E-state index contributed by atoms with van der Waals surface area (Å²) in [5, 5.41) is 11.6. The SMILES string of the molecule is CC.CC(C)CNCCOCCO. The third kappa shape index (κ3) is 18.7. The number of aliphatic hydroxyl groups excluding tert-OH is 1. The Hall–Kier alpha value is -0.120. The minimum Gasteiger partial charge on any atom is -0.394 e. The molecule has 0 bridgehead atoms. The van der Waals surface area contributed by atoms with Crippen molar-refractivity contribution in [3.63, 3.8) is 0 Å². The van der Waals surface area contributed by atoms with E-state index in [4.69, 9.17) is 9.84 Å². The highest BCUT2D eigenvalue weighted by Gasteiger charge is 1.91. The molecule has 0 radical (unpaired) electrons. The predicted octanol–water partition coefficient (Wildman–Crippen LogP) is 1.27. The van der Waals surface area contributed by atoms with Crippen LogP contribution >= 0.6 is 0 Å². The van der Waals surface area contributed by atoms with Crippen LogP contribution in [-0.2, 0) is 4.74 Å². The summed E-state index contributed by atoms with van der Waals surface area (Å²) in [5.74, 6) is 0.688. The Kier molecular flexibility index (Phi) is 17.0. The second kappa shape index (κ2) is 14.4. The molecular formula is C10H25NO2. The van der Waals surface area contributed by atoms with Crippen LogP contribution in [0.5, 0.6) is 0 Å². The van der Waals surface area contributed by atoms with E-state index in [1.807, 2.05) is 13.8 Å². The first-order chi connectivity index (χ1) is 6.27. The van der Waals surface area contributed by atoms with Gasteiger partial charge in [-0.25, -0.2) is 0 Å². The first kappa shape index (κ1) is 15.4. The average molecular weight is 191 g/mol. The summed E-state index contributed by atoms with van der Waals surface area (Å²) in [6, 6.07) is 0. The van der Waals surface area contributed by atoms with Crippen LogP contribution in [0.1, 0.15) is 27.7 Å². The minimum absolute atomic E-state index is 0.115. The van der Waals surface area contributed by atoms with Crippen LogP contribution in [-0.4, -0.2) is 38.0 Å². The van der Waals surface area contributed by atoms with Crippen LogP contribution in [0.15, 0.2) is 0 Å². The topological polar surface area (TPSA) is 41.5 Å². The van der Waals surface area contributed by atoms with Gasteiger partial charge in [0.15, 0.2) is 0 Å². The molecule has 0 atom stereocenters. The molecule has 3 heteroatoms. The molecule has 0 aliphatic heterocycles. The van der Waals surface area contributed by atoms with Crippen molar-refractivity contribution >= 4 is 0 Å². The van der Waals surface area contributed by atoms with Crippen LogP contribution in [0.2, 0.25) is 0 Å². The third-order valence-corrected chi connectivity index (χ3v) is 1.21. The van der Waals surface area contributed by atoms with Gasteiger partial charge in [0.05, 0.1) is 19.8 Å². The number of hydrogen-bond acceptors (Lipinski definition) is 3. The molecule has 0 saturated carbocycles. The smallest absolute Gasteiger partial charge is 0.0698 e. The molecular weight excluding hydrogens is 166 g/mol. The normalized spacial score (nSPS) is 9.69. The lowest BCUT2D eigenvalue weighted by atomic mass is 10.2. The first-order valence-corrected chi connectivity index (χ1v) is 5.16. The van der Waals surface area contributed by atoms with Crippen LogP contribution in [0.3, 0.4) is 0 Å². The molecule has 13 heavy (non-hydrogen) atoms. The van der Waals surface area contributed by atoms with Gasteiger partial charge in [-0.05, 0) is 12.5 Å². The standard InChI is InChI=1S/C8H19NO2.C2H6/c1-8(2)7-9-3-5-11-6-4-10;1-2/h8-10H,3-7H2,1-2H3;1-2H3. The molecule has 82 valence electrons. The predicted molar refractivity (Wildman–Crippen MR) is 57.0 cm³/mol. The van der Waals surface area contributed by atoms with E-state index in [2.05, 4.69) is 19.2 Å². The van der Waals surface area contributed by atoms with E-state index in [0.717, 1.165) is 13.1 Å². The molecule has 0 aromatic rings. The molecule has 0 aliphatic rings. The van der Waals surface area contributed by atoms with Gasteiger partial charge in [0.25, 0.3) is 0 Å². The summed E-state index contributed by atoms with van der Waals surface area (Å²) >= 11 is 0. The molecule has 0 unspecified atom stereocenters. The van der Waals surface area contributed by atoms with Crippen LogP contribution in [0, 0.1) is 5.92 Å². The number of nitrogens with one attached hydrogen (secondary N) is 1. The van der Waals surface area contributed by atoms with Crippen molar-refractivity contribution in [3.8, 4) is 0 Å². The Morgan fingerprint density at radius 2 is 1.85 bits per heavy atom. The maximum Gasteiger partial charge on any atom is 0.0698 e. The molecule has 0 rings (SSSR count). The Bertz CT molecular complexity index is 77.3. The number of rotatable bonds is 7. The van der Waals surface area contributed by atoms with Gasteiger partial charge in [-0.2, -0.15) is 0 Å².